The third kappa shape index (κ3) is 0.403. The largest absolute Gasteiger partial charge is 0.449 e. The summed E-state index contributed by atoms with van der Waals surface area (Å²) in [5.41, 5.74) is 0.700. The van der Waals surface area contributed by atoms with Gasteiger partial charge >= 0.3 is 5.24 Å². The molecule has 0 aromatic carbocycles. The van der Waals surface area contributed by atoms with Crippen molar-refractivity contribution >= 4 is 17.5 Å². The standard InChI is InChI=1S/C8H8O2S/c11-7-9-5-3-1-8(3)2-4(8)6(5)10-7/h3-6H,1-2H2/t3-,4-,5-,6+,8?/m0/s1. The lowest BCUT2D eigenvalue weighted by atomic mass is 10.1. The molecule has 0 amide bonds. The molecule has 0 bridgehead atoms. The maximum Gasteiger partial charge on any atom is 0.353 e. The highest BCUT2D eigenvalue weighted by Crippen LogP contribution is 2.83. The number of hydrogen-bond donors (Lipinski definition) is 0. The fraction of sp³-hybridized carbons (Fsp3) is 0.875. The van der Waals surface area contributed by atoms with Crippen molar-refractivity contribution in [3.05, 3.63) is 0 Å². The molecular formula is C8H8O2S. The summed E-state index contributed by atoms with van der Waals surface area (Å²) in [6.07, 6.45) is 3.46. The Labute approximate surface area is 69.9 Å². The highest BCUT2D eigenvalue weighted by Gasteiger charge is 2.84. The van der Waals surface area contributed by atoms with Gasteiger partial charge in [-0.3, -0.25) is 0 Å². The van der Waals surface area contributed by atoms with Crippen LogP contribution in [-0.4, -0.2) is 17.4 Å². The normalized spacial score (nSPS) is 67.5. The molecule has 1 heterocycles. The molecule has 0 N–H and O–H groups in total. The molecule has 0 aromatic rings. The van der Waals surface area contributed by atoms with Gasteiger partial charge in [-0.15, -0.1) is 0 Å². The van der Waals surface area contributed by atoms with Crippen molar-refractivity contribution in [2.75, 3.05) is 0 Å². The number of hydrogen-bond acceptors (Lipinski definition) is 3. The first-order valence-corrected chi connectivity index (χ1v) is 4.59. The lowest BCUT2D eigenvalue weighted by Gasteiger charge is -2.09. The lowest BCUT2D eigenvalue weighted by Crippen LogP contribution is -2.22. The number of rotatable bonds is 0. The van der Waals surface area contributed by atoms with E-state index in [4.69, 9.17) is 21.7 Å². The number of ether oxygens (including phenoxy) is 2. The van der Waals surface area contributed by atoms with Gasteiger partial charge in [-0.05, 0) is 18.3 Å². The predicted molar refractivity (Wildman–Crippen MR) is 41.0 cm³/mol. The van der Waals surface area contributed by atoms with Crippen molar-refractivity contribution in [1.82, 2.24) is 0 Å². The van der Waals surface area contributed by atoms with E-state index in [0.29, 0.717) is 22.9 Å². The first kappa shape index (κ1) is 5.36. The smallest absolute Gasteiger partial charge is 0.353 e. The van der Waals surface area contributed by atoms with Crippen LogP contribution < -0.4 is 0 Å². The topological polar surface area (TPSA) is 18.5 Å². The molecule has 3 aliphatic carbocycles. The molecule has 4 rings (SSSR count). The van der Waals surface area contributed by atoms with E-state index in [1.807, 2.05) is 0 Å². The minimum absolute atomic E-state index is 0.348. The van der Waals surface area contributed by atoms with E-state index < -0.39 is 0 Å². The van der Waals surface area contributed by atoms with Crippen LogP contribution in [0.4, 0.5) is 0 Å². The summed E-state index contributed by atoms with van der Waals surface area (Å²) in [5, 5.41) is 0.396. The average Bonchev–Trinajstić information content (AvgIpc) is 2.80. The maximum atomic E-state index is 5.44. The molecule has 3 heteroatoms. The molecule has 1 saturated heterocycles. The van der Waals surface area contributed by atoms with Gasteiger partial charge in [0.1, 0.15) is 12.2 Å². The van der Waals surface area contributed by atoms with Gasteiger partial charge in [-0.25, -0.2) is 0 Å². The fourth-order valence-electron chi connectivity index (χ4n) is 3.25. The van der Waals surface area contributed by atoms with E-state index >= 15 is 0 Å². The highest BCUT2D eigenvalue weighted by molar-refractivity contribution is 7.79. The van der Waals surface area contributed by atoms with Crippen LogP contribution in [0.1, 0.15) is 12.8 Å². The third-order valence-electron chi connectivity index (χ3n) is 3.94. The second kappa shape index (κ2) is 1.20. The number of fused-ring (bicyclic) bond motifs is 3. The van der Waals surface area contributed by atoms with Crippen molar-refractivity contribution in [2.45, 2.75) is 25.0 Å². The molecule has 1 spiro atoms. The quantitative estimate of drug-likeness (QED) is 0.504. The monoisotopic (exact) mass is 168 g/mol. The molecule has 4 fully saturated rings. The zero-order valence-corrected chi connectivity index (χ0v) is 6.76. The van der Waals surface area contributed by atoms with Crippen molar-refractivity contribution in [3.8, 4) is 0 Å². The van der Waals surface area contributed by atoms with E-state index in [1.54, 1.807) is 0 Å². The van der Waals surface area contributed by atoms with Gasteiger partial charge in [0.15, 0.2) is 0 Å². The minimum Gasteiger partial charge on any atom is -0.449 e. The molecule has 1 aliphatic heterocycles. The summed E-state index contributed by atoms with van der Waals surface area (Å²) in [7, 11) is 0. The van der Waals surface area contributed by atoms with Crippen LogP contribution in [0.5, 0.6) is 0 Å². The Kier molecular flexibility index (Phi) is 0.584. The van der Waals surface area contributed by atoms with E-state index in [1.165, 1.54) is 12.8 Å². The van der Waals surface area contributed by atoms with Crippen LogP contribution in [0.15, 0.2) is 0 Å². The summed E-state index contributed by atoms with van der Waals surface area (Å²) in [6.45, 7) is 0. The van der Waals surface area contributed by atoms with E-state index in [2.05, 4.69) is 0 Å². The molecule has 58 valence electrons. The molecule has 0 aromatic heterocycles. The summed E-state index contributed by atoms with van der Waals surface area (Å²) < 4.78 is 10.9. The van der Waals surface area contributed by atoms with Gasteiger partial charge in [0.05, 0.1) is 0 Å². The van der Waals surface area contributed by atoms with Crippen molar-refractivity contribution < 1.29 is 9.47 Å². The van der Waals surface area contributed by atoms with Crippen LogP contribution in [-0.2, 0) is 9.47 Å². The van der Waals surface area contributed by atoms with Crippen LogP contribution in [0.25, 0.3) is 0 Å². The summed E-state index contributed by atoms with van der Waals surface area (Å²) in [4.78, 5) is 0. The zero-order chi connectivity index (χ0) is 7.22. The molecular weight excluding hydrogens is 160 g/mol. The van der Waals surface area contributed by atoms with Crippen molar-refractivity contribution in [2.24, 2.45) is 17.3 Å². The lowest BCUT2D eigenvalue weighted by molar-refractivity contribution is 0.140. The molecule has 11 heavy (non-hydrogen) atoms. The Balaban J connectivity index is 1.79. The van der Waals surface area contributed by atoms with Gasteiger partial charge in [-0.2, -0.15) is 0 Å². The number of thiocarbonyl (C=S) groups is 1. The Hall–Kier alpha value is -0.310. The molecule has 0 radical (unpaired) electrons. The van der Waals surface area contributed by atoms with Gasteiger partial charge in [-0.1, -0.05) is 0 Å². The van der Waals surface area contributed by atoms with Gasteiger partial charge in [0, 0.05) is 24.1 Å². The van der Waals surface area contributed by atoms with Crippen LogP contribution >= 0.6 is 12.2 Å². The SMILES string of the molecule is S=C1O[C@@H]2[C@H](O1)[C@@H]1CC13C[C@@H]23. The van der Waals surface area contributed by atoms with E-state index in [-0.39, 0.29) is 0 Å². The van der Waals surface area contributed by atoms with Crippen molar-refractivity contribution in [3.63, 3.8) is 0 Å². The zero-order valence-electron chi connectivity index (χ0n) is 5.95. The van der Waals surface area contributed by atoms with Crippen molar-refractivity contribution in [1.29, 1.82) is 0 Å². The molecule has 1 unspecified atom stereocenters. The fourth-order valence-corrected chi connectivity index (χ4v) is 3.48. The minimum atomic E-state index is 0.348. The van der Waals surface area contributed by atoms with Gasteiger partial charge in [0.25, 0.3) is 0 Å². The van der Waals surface area contributed by atoms with Crippen LogP contribution in [0, 0.1) is 17.3 Å². The van der Waals surface area contributed by atoms with Crippen LogP contribution in [0.2, 0.25) is 0 Å². The highest BCUT2D eigenvalue weighted by atomic mass is 32.1. The van der Waals surface area contributed by atoms with Crippen LogP contribution in [0.3, 0.4) is 0 Å². The molecule has 2 nitrogen and oxygen atoms in total. The maximum absolute atomic E-state index is 5.44. The Morgan fingerprint density at radius 2 is 1.73 bits per heavy atom. The second-order valence-electron chi connectivity index (χ2n) is 4.27. The summed E-state index contributed by atoms with van der Waals surface area (Å²) in [5.74, 6) is 1.61. The first-order chi connectivity index (χ1) is 5.31. The molecule has 3 saturated carbocycles. The van der Waals surface area contributed by atoms with Gasteiger partial charge in [0.2, 0.25) is 0 Å². The second-order valence-corrected chi connectivity index (χ2v) is 4.60. The predicted octanol–water partition coefficient (Wildman–Crippen LogP) is 1.10. The van der Waals surface area contributed by atoms with E-state index in [0.717, 1.165) is 11.8 Å². The summed E-state index contributed by atoms with van der Waals surface area (Å²) >= 11 is 4.87. The van der Waals surface area contributed by atoms with E-state index in [9.17, 15) is 0 Å². The third-order valence-corrected chi connectivity index (χ3v) is 4.13. The Morgan fingerprint density at radius 3 is 2.27 bits per heavy atom. The average molecular weight is 168 g/mol. The first-order valence-electron chi connectivity index (χ1n) is 4.18. The Morgan fingerprint density at radius 1 is 1.18 bits per heavy atom. The summed E-state index contributed by atoms with van der Waals surface area (Å²) in [6, 6.07) is 0. The van der Waals surface area contributed by atoms with Gasteiger partial charge < -0.3 is 9.47 Å². The Bertz CT molecular complexity index is 249. The molecule has 4 aliphatic rings. The molecule has 5 atom stereocenters.